The first-order valence-corrected chi connectivity index (χ1v) is 6.23. The molecule has 21 heavy (non-hydrogen) atoms. The third-order valence-electron chi connectivity index (χ3n) is 3.01. The van der Waals surface area contributed by atoms with Crippen LogP contribution >= 0.6 is 0 Å². The monoisotopic (exact) mass is 296 g/mol. The van der Waals surface area contributed by atoms with Crippen LogP contribution in [0.3, 0.4) is 0 Å². The van der Waals surface area contributed by atoms with Gasteiger partial charge in [0.1, 0.15) is 5.75 Å². The van der Waals surface area contributed by atoms with Crippen LogP contribution in [0.25, 0.3) is 0 Å². The Morgan fingerprint density at radius 2 is 1.76 bits per heavy atom. The molecule has 0 heterocycles. The second-order valence-corrected chi connectivity index (χ2v) is 4.50. The molecular weight excluding hydrogens is 281 g/mol. The zero-order valence-electron chi connectivity index (χ0n) is 11.4. The number of nitrogen functional groups attached to an aromatic ring is 1. The van der Waals surface area contributed by atoms with Gasteiger partial charge in [-0.15, -0.1) is 0 Å². The van der Waals surface area contributed by atoms with Crippen molar-refractivity contribution in [3.05, 3.63) is 53.6 Å². The molecule has 0 saturated carbocycles. The highest BCUT2D eigenvalue weighted by Crippen LogP contribution is 2.35. The second-order valence-electron chi connectivity index (χ2n) is 4.50. The predicted molar refractivity (Wildman–Crippen MR) is 76.2 cm³/mol. The van der Waals surface area contributed by atoms with E-state index in [1.54, 1.807) is 19.2 Å². The molecule has 2 aromatic carbocycles. The molecule has 2 rings (SSSR count). The van der Waals surface area contributed by atoms with Crippen molar-refractivity contribution in [3.63, 3.8) is 0 Å². The molecule has 0 saturated heterocycles. The fraction of sp³-hybridized carbons (Fsp3) is 0.200. The van der Waals surface area contributed by atoms with E-state index in [9.17, 15) is 13.2 Å². The molecule has 0 radical (unpaired) electrons. The van der Waals surface area contributed by atoms with Crippen molar-refractivity contribution >= 4 is 11.4 Å². The number of benzene rings is 2. The maximum absolute atomic E-state index is 12.8. The highest BCUT2D eigenvalue weighted by Gasteiger charge is 2.33. The molecule has 0 unspecified atom stereocenters. The molecule has 0 aliphatic heterocycles. The average Bonchev–Trinajstić information content (AvgIpc) is 2.45. The van der Waals surface area contributed by atoms with E-state index >= 15 is 0 Å². The largest absolute Gasteiger partial charge is 0.497 e. The Balaban J connectivity index is 2.09. The lowest BCUT2D eigenvalue weighted by atomic mass is 10.1. The molecule has 3 N–H and O–H groups in total. The average molecular weight is 296 g/mol. The molecular formula is C15H15F3N2O. The van der Waals surface area contributed by atoms with E-state index < -0.39 is 11.7 Å². The van der Waals surface area contributed by atoms with Gasteiger partial charge in [0.25, 0.3) is 0 Å². The van der Waals surface area contributed by atoms with Gasteiger partial charge in [0.2, 0.25) is 0 Å². The van der Waals surface area contributed by atoms with Crippen LogP contribution in [0.4, 0.5) is 24.5 Å². The number of nitrogens with two attached hydrogens (primary N) is 1. The van der Waals surface area contributed by atoms with Crippen LogP contribution in [0.15, 0.2) is 42.5 Å². The maximum Gasteiger partial charge on any atom is 0.418 e. The van der Waals surface area contributed by atoms with Crippen molar-refractivity contribution < 1.29 is 17.9 Å². The van der Waals surface area contributed by atoms with E-state index in [0.29, 0.717) is 12.2 Å². The van der Waals surface area contributed by atoms with Gasteiger partial charge in [-0.25, -0.2) is 0 Å². The van der Waals surface area contributed by atoms with Crippen LogP contribution < -0.4 is 15.8 Å². The Kier molecular flexibility index (Phi) is 4.26. The number of nitrogens with one attached hydrogen (secondary N) is 1. The molecule has 0 bridgehead atoms. The molecule has 0 atom stereocenters. The van der Waals surface area contributed by atoms with Gasteiger partial charge in [-0.1, -0.05) is 12.1 Å². The molecule has 0 fully saturated rings. The van der Waals surface area contributed by atoms with Gasteiger partial charge in [0.05, 0.1) is 12.7 Å². The van der Waals surface area contributed by atoms with Crippen LogP contribution in [-0.2, 0) is 12.7 Å². The summed E-state index contributed by atoms with van der Waals surface area (Å²) in [5, 5.41) is 2.94. The minimum absolute atomic E-state index is 0.280. The summed E-state index contributed by atoms with van der Waals surface area (Å²) in [6.07, 6.45) is -4.46. The van der Waals surface area contributed by atoms with Gasteiger partial charge >= 0.3 is 6.18 Å². The predicted octanol–water partition coefficient (Wildman–Crippen LogP) is 3.91. The summed E-state index contributed by atoms with van der Waals surface area (Å²) in [6.45, 7) is 0.408. The molecule has 0 amide bonds. The SMILES string of the molecule is COc1ccc(CNc2ccc(N)c(C(F)(F)F)c2)cc1. The first-order chi connectivity index (χ1) is 9.90. The van der Waals surface area contributed by atoms with Crippen LogP contribution in [0.5, 0.6) is 5.75 Å². The van der Waals surface area contributed by atoms with Crippen molar-refractivity contribution in [1.29, 1.82) is 0 Å². The molecule has 3 nitrogen and oxygen atoms in total. The highest BCUT2D eigenvalue weighted by molar-refractivity contribution is 5.58. The Labute approximate surface area is 120 Å². The normalized spacial score (nSPS) is 11.2. The number of halogens is 3. The van der Waals surface area contributed by atoms with E-state index in [4.69, 9.17) is 10.5 Å². The summed E-state index contributed by atoms with van der Waals surface area (Å²) in [5.74, 6) is 0.727. The number of anilines is 2. The first-order valence-electron chi connectivity index (χ1n) is 6.23. The van der Waals surface area contributed by atoms with Crippen molar-refractivity contribution in [1.82, 2.24) is 0 Å². The van der Waals surface area contributed by atoms with E-state index in [2.05, 4.69) is 5.32 Å². The summed E-state index contributed by atoms with van der Waals surface area (Å²) in [5.41, 5.74) is 5.54. The lowest BCUT2D eigenvalue weighted by Gasteiger charge is -2.13. The van der Waals surface area contributed by atoms with Gasteiger partial charge in [-0.3, -0.25) is 0 Å². The topological polar surface area (TPSA) is 47.3 Å². The zero-order chi connectivity index (χ0) is 15.5. The smallest absolute Gasteiger partial charge is 0.418 e. The standard InChI is InChI=1S/C15H15F3N2O/c1-21-12-5-2-10(3-6-12)9-20-11-4-7-14(19)13(8-11)15(16,17)18/h2-8,20H,9,19H2,1H3. The first kappa shape index (κ1) is 15.0. The lowest BCUT2D eigenvalue weighted by Crippen LogP contribution is -2.10. The molecule has 6 heteroatoms. The van der Waals surface area contributed by atoms with Gasteiger partial charge in [0, 0.05) is 17.9 Å². The quantitative estimate of drug-likeness (QED) is 0.841. The second kappa shape index (κ2) is 5.95. The number of ether oxygens (including phenoxy) is 1. The van der Waals surface area contributed by atoms with Crippen molar-refractivity contribution in [2.24, 2.45) is 0 Å². The number of methoxy groups -OCH3 is 1. The Morgan fingerprint density at radius 1 is 1.10 bits per heavy atom. The summed E-state index contributed by atoms with van der Waals surface area (Å²) < 4.78 is 43.3. The number of rotatable bonds is 4. The fourth-order valence-corrected chi connectivity index (χ4v) is 1.86. The zero-order valence-corrected chi connectivity index (χ0v) is 11.4. The van der Waals surface area contributed by atoms with E-state index in [1.807, 2.05) is 12.1 Å². The summed E-state index contributed by atoms with van der Waals surface area (Å²) in [6, 6.07) is 11.1. The minimum atomic E-state index is -4.46. The molecule has 0 spiro atoms. The number of hydrogen-bond acceptors (Lipinski definition) is 3. The van der Waals surface area contributed by atoms with E-state index in [-0.39, 0.29) is 5.69 Å². The highest BCUT2D eigenvalue weighted by atomic mass is 19.4. The summed E-state index contributed by atoms with van der Waals surface area (Å²) in [7, 11) is 1.57. The van der Waals surface area contributed by atoms with Gasteiger partial charge < -0.3 is 15.8 Å². The van der Waals surface area contributed by atoms with E-state index in [1.165, 1.54) is 12.1 Å². The van der Waals surface area contributed by atoms with Crippen molar-refractivity contribution in [3.8, 4) is 5.75 Å². The summed E-state index contributed by atoms with van der Waals surface area (Å²) >= 11 is 0. The van der Waals surface area contributed by atoms with Gasteiger partial charge in [-0.05, 0) is 35.9 Å². The van der Waals surface area contributed by atoms with Gasteiger partial charge in [-0.2, -0.15) is 13.2 Å². The lowest BCUT2D eigenvalue weighted by molar-refractivity contribution is -0.136. The Hall–Kier alpha value is -2.37. The molecule has 112 valence electrons. The van der Waals surface area contributed by atoms with Crippen molar-refractivity contribution in [2.75, 3.05) is 18.2 Å². The molecule has 2 aromatic rings. The van der Waals surface area contributed by atoms with Gasteiger partial charge in [0.15, 0.2) is 0 Å². The van der Waals surface area contributed by atoms with Crippen molar-refractivity contribution in [2.45, 2.75) is 12.7 Å². The maximum atomic E-state index is 12.8. The minimum Gasteiger partial charge on any atom is -0.497 e. The van der Waals surface area contributed by atoms with Crippen LogP contribution in [0.1, 0.15) is 11.1 Å². The molecule has 0 aromatic heterocycles. The van der Waals surface area contributed by atoms with Crippen LogP contribution in [0.2, 0.25) is 0 Å². The number of hydrogen-bond donors (Lipinski definition) is 2. The summed E-state index contributed by atoms with van der Waals surface area (Å²) in [4.78, 5) is 0. The molecule has 0 aliphatic carbocycles. The van der Waals surface area contributed by atoms with Crippen LogP contribution in [0, 0.1) is 0 Å². The molecule has 0 aliphatic rings. The third kappa shape index (κ3) is 3.81. The van der Waals surface area contributed by atoms with Crippen LogP contribution in [-0.4, -0.2) is 7.11 Å². The van der Waals surface area contributed by atoms with E-state index in [0.717, 1.165) is 17.4 Å². The Morgan fingerprint density at radius 3 is 2.33 bits per heavy atom. The number of alkyl halides is 3. The fourth-order valence-electron chi connectivity index (χ4n) is 1.86. The Bertz CT molecular complexity index is 609. The third-order valence-corrected chi connectivity index (χ3v) is 3.01.